The molecule has 292 valence electrons. The molecule has 0 aliphatic carbocycles. The molecule has 0 aliphatic rings. The fraction of sp³-hybridized carbons (Fsp3) is 0.333. The van der Waals surface area contributed by atoms with Gasteiger partial charge in [0.1, 0.15) is 0 Å². The van der Waals surface area contributed by atoms with Gasteiger partial charge in [-0.3, -0.25) is 19.2 Å². The fourth-order valence-corrected chi connectivity index (χ4v) is 6.36. The van der Waals surface area contributed by atoms with E-state index >= 15 is 0 Å². The first-order valence-electron chi connectivity index (χ1n) is 19.0. The number of nitrogens with two attached hydrogens (primary N) is 1. The average Bonchev–Trinajstić information content (AvgIpc) is 3.73. The third kappa shape index (κ3) is 14.4. The van der Waals surface area contributed by atoms with Gasteiger partial charge in [-0.25, -0.2) is 0 Å². The Kier molecular flexibility index (Phi) is 18.6. The molecule has 4 rings (SSSR count). The standard InChI is InChI=1S/C31H31N3O3S.C14H26N2O/c1-3-26(15-21-13-14-38-19-21)34-31(37)25-17-23(27-11-7-8-12-28(27)29(32)35)16-24(18-25)30(36)33-20(2)22-9-5-4-6-10-22;1-5-9-13(15-4)10-7-8-11-16-14(17)12(3)6-2/h4-14,16-20,26H,3,15H2,1-2H3,(H2,32,35)(H,33,36)(H,34,37);7,9-10,12,15H,5-6,8,11H2,1-4H3,(H,16,17)/b;10-7-,13-9+/t20-,26-;12-/m10/s1. The fourth-order valence-electron chi connectivity index (χ4n) is 5.68. The molecule has 6 N–H and O–H groups in total. The second-order valence-electron chi connectivity index (χ2n) is 13.3. The number of amides is 4. The van der Waals surface area contributed by atoms with Crippen molar-refractivity contribution in [1.29, 1.82) is 0 Å². The Bertz CT molecular complexity index is 1890. The van der Waals surface area contributed by atoms with Crippen molar-refractivity contribution in [3.05, 3.63) is 141 Å². The summed E-state index contributed by atoms with van der Waals surface area (Å²) in [5, 5.41) is 16.3. The summed E-state index contributed by atoms with van der Waals surface area (Å²) in [5.41, 5.74) is 11.0. The number of likely N-dealkylation sites (N-methyl/N-ethyl adjacent to an activating group) is 1. The van der Waals surface area contributed by atoms with E-state index in [0.29, 0.717) is 34.4 Å². The molecular weight excluding hydrogens is 707 g/mol. The van der Waals surface area contributed by atoms with Gasteiger partial charge in [-0.1, -0.05) is 88.4 Å². The molecule has 0 spiro atoms. The number of primary amides is 1. The van der Waals surface area contributed by atoms with Crippen LogP contribution in [-0.2, 0) is 11.2 Å². The highest BCUT2D eigenvalue weighted by molar-refractivity contribution is 7.07. The number of carbonyl (C=O) groups is 4. The number of benzene rings is 3. The number of hydrogen-bond acceptors (Lipinski definition) is 6. The van der Waals surface area contributed by atoms with Crippen molar-refractivity contribution < 1.29 is 19.2 Å². The van der Waals surface area contributed by atoms with E-state index in [2.05, 4.69) is 57.9 Å². The van der Waals surface area contributed by atoms with Gasteiger partial charge in [0.25, 0.3) is 11.8 Å². The van der Waals surface area contributed by atoms with Crippen LogP contribution in [0.2, 0.25) is 0 Å². The van der Waals surface area contributed by atoms with E-state index in [9.17, 15) is 19.2 Å². The number of hydrogen-bond donors (Lipinski definition) is 5. The maximum absolute atomic E-state index is 13.4. The second-order valence-corrected chi connectivity index (χ2v) is 14.1. The first kappa shape index (κ1) is 43.9. The lowest BCUT2D eigenvalue weighted by atomic mass is 9.94. The van der Waals surface area contributed by atoms with Crippen LogP contribution in [0.5, 0.6) is 0 Å². The van der Waals surface area contributed by atoms with E-state index in [4.69, 9.17) is 5.73 Å². The molecule has 10 heteroatoms. The van der Waals surface area contributed by atoms with Crippen molar-refractivity contribution in [2.45, 2.75) is 78.8 Å². The number of nitrogens with one attached hydrogen (secondary N) is 4. The van der Waals surface area contributed by atoms with Crippen molar-refractivity contribution in [3.8, 4) is 11.1 Å². The number of carbonyl (C=O) groups excluding carboxylic acids is 4. The normalized spacial score (nSPS) is 12.8. The lowest BCUT2D eigenvalue weighted by Crippen LogP contribution is -2.36. The highest BCUT2D eigenvalue weighted by Gasteiger charge is 2.20. The van der Waals surface area contributed by atoms with E-state index in [-0.39, 0.29) is 35.7 Å². The van der Waals surface area contributed by atoms with Crippen LogP contribution in [0.3, 0.4) is 0 Å². The molecule has 0 aliphatic heterocycles. The summed E-state index contributed by atoms with van der Waals surface area (Å²) in [4.78, 5) is 50.4. The Morgan fingerprint density at radius 3 is 2.11 bits per heavy atom. The van der Waals surface area contributed by atoms with Gasteiger partial charge in [0, 0.05) is 47.9 Å². The predicted molar refractivity (Wildman–Crippen MR) is 226 cm³/mol. The summed E-state index contributed by atoms with van der Waals surface area (Å²) in [6.07, 6.45) is 10.5. The highest BCUT2D eigenvalue weighted by Crippen LogP contribution is 2.27. The molecule has 0 saturated carbocycles. The van der Waals surface area contributed by atoms with E-state index in [0.717, 1.165) is 43.4 Å². The molecular formula is C45H57N5O4S. The smallest absolute Gasteiger partial charge is 0.251 e. The maximum Gasteiger partial charge on any atom is 0.251 e. The minimum atomic E-state index is -0.582. The van der Waals surface area contributed by atoms with Crippen LogP contribution in [0.25, 0.3) is 11.1 Å². The van der Waals surface area contributed by atoms with Crippen LogP contribution in [0, 0.1) is 5.92 Å². The lowest BCUT2D eigenvalue weighted by Gasteiger charge is -2.19. The van der Waals surface area contributed by atoms with Gasteiger partial charge in [0.2, 0.25) is 11.8 Å². The van der Waals surface area contributed by atoms with Crippen LogP contribution in [0.15, 0.2) is 114 Å². The minimum Gasteiger partial charge on any atom is -0.388 e. The number of allylic oxidation sites excluding steroid dienone is 2. The minimum absolute atomic E-state index is 0.0611. The van der Waals surface area contributed by atoms with Crippen LogP contribution < -0.4 is 27.0 Å². The van der Waals surface area contributed by atoms with Crippen LogP contribution >= 0.6 is 11.3 Å². The third-order valence-electron chi connectivity index (χ3n) is 9.18. The molecule has 3 aromatic carbocycles. The molecule has 4 aromatic rings. The Hall–Kier alpha value is -5.48. The van der Waals surface area contributed by atoms with Crippen molar-refractivity contribution in [2.75, 3.05) is 13.6 Å². The monoisotopic (exact) mass is 763 g/mol. The maximum atomic E-state index is 13.4. The molecule has 0 radical (unpaired) electrons. The van der Waals surface area contributed by atoms with Gasteiger partial charge in [0.15, 0.2) is 0 Å². The first-order chi connectivity index (χ1) is 26.5. The number of thiophene rings is 1. The van der Waals surface area contributed by atoms with Crippen molar-refractivity contribution in [3.63, 3.8) is 0 Å². The predicted octanol–water partition coefficient (Wildman–Crippen LogP) is 8.36. The first-order valence-corrected chi connectivity index (χ1v) is 20.0. The third-order valence-corrected chi connectivity index (χ3v) is 9.91. The summed E-state index contributed by atoms with van der Waals surface area (Å²) < 4.78 is 0. The molecule has 3 atom stereocenters. The van der Waals surface area contributed by atoms with Crippen LogP contribution in [-0.4, -0.2) is 43.3 Å². The molecule has 55 heavy (non-hydrogen) atoms. The van der Waals surface area contributed by atoms with Crippen molar-refractivity contribution in [1.82, 2.24) is 21.3 Å². The molecule has 1 heterocycles. The Labute approximate surface area is 330 Å². The summed E-state index contributed by atoms with van der Waals surface area (Å²) in [7, 11) is 1.91. The quantitative estimate of drug-likeness (QED) is 0.0512. The zero-order chi connectivity index (χ0) is 40.2. The topological polar surface area (TPSA) is 142 Å². The van der Waals surface area contributed by atoms with E-state index in [1.807, 2.05) is 70.5 Å². The molecule has 0 bridgehead atoms. The molecule has 9 nitrogen and oxygen atoms in total. The van der Waals surface area contributed by atoms with Crippen molar-refractivity contribution >= 4 is 35.0 Å². The van der Waals surface area contributed by atoms with E-state index in [1.165, 1.54) is 5.56 Å². The average molecular weight is 764 g/mol. The summed E-state index contributed by atoms with van der Waals surface area (Å²) in [6.45, 7) is 10.7. The molecule has 4 amide bonds. The van der Waals surface area contributed by atoms with E-state index < -0.39 is 5.91 Å². The Balaban J connectivity index is 0.000000404. The van der Waals surface area contributed by atoms with Gasteiger partial charge < -0.3 is 27.0 Å². The molecule has 0 fully saturated rings. The summed E-state index contributed by atoms with van der Waals surface area (Å²) in [6, 6.07) is 23.3. The number of rotatable bonds is 18. The second kappa shape index (κ2) is 23.3. The zero-order valence-electron chi connectivity index (χ0n) is 33.0. The summed E-state index contributed by atoms with van der Waals surface area (Å²) in [5.74, 6) is -0.915. The molecule has 1 aromatic heterocycles. The molecule has 0 saturated heterocycles. The zero-order valence-corrected chi connectivity index (χ0v) is 33.8. The Morgan fingerprint density at radius 1 is 0.836 bits per heavy atom. The van der Waals surface area contributed by atoms with Gasteiger partial charge >= 0.3 is 0 Å². The summed E-state index contributed by atoms with van der Waals surface area (Å²) >= 11 is 1.62. The van der Waals surface area contributed by atoms with Gasteiger partial charge in [0.05, 0.1) is 6.04 Å². The van der Waals surface area contributed by atoms with Crippen LogP contribution in [0.1, 0.15) is 109 Å². The Morgan fingerprint density at radius 2 is 1.51 bits per heavy atom. The largest absolute Gasteiger partial charge is 0.388 e. The van der Waals surface area contributed by atoms with E-state index in [1.54, 1.807) is 53.8 Å². The van der Waals surface area contributed by atoms with Gasteiger partial charge in [-0.2, -0.15) is 11.3 Å². The van der Waals surface area contributed by atoms with Crippen molar-refractivity contribution in [2.24, 2.45) is 11.7 Å². The SMILES string of the molecule is CC/C=C(\C=C/CCNC(=O)[C@@H](C)CC)NC.CC[C@H](Cc1ccsc1)NC(=O)c1cc(C(=O)N[C@H](C)c2ccccc2)cc(-c2ccccc2C(N)=O)c1. The lowest BCUT2D eigenvalue weighted by molar-refractivity contribution is -0.124. The van der Waals surface area contributed by atoms with Crippen LogP contribution in [0.4, 0.5) is 0 Å². The molecule has 0 unspecified atom stereocenters. The highest BCUT2D eigenvalue weighted by atomic mass is 32.1. The van der Waals surface area contributed by atoms with Gasteiger partial charge in [-0.15, -0.1) is 0 Å². The van der Waals surface area contributed by atoms with Gasteiger partial charge in [-0.05, 0) is 108 Å².